The van der Waals surface area contributed by atoms with E-state index in [0.717, 1.165) is 18.5 Å². The molecule has 0 amide bonds. The van der Waals surface area contributed by atoms with Crippen molar-refractivity contribution in [2.45, 2.75) is 32.6 Å². The summed E-state index contributed by atoms with van der Waals surface area (Å²) in [7, 11) is 0. The molecule has 0 N–H and O–H groups in total. The Morgan fingerprint density at radius 2 is 1.26 bits per heavy atom. The molecule has 1 aliphatic rings. The van der Waals surface area contributed by atoms with Gasteiger partial charge < -0.3 is 0 Å². The highest BCUT2D eigenvalue weighted by molar-refractivity contribution is 5.87. The molecule has 23 heavy (non-hydrogen) atoms. The van der Waals surface area contributed by atoms with Crippen molar-refractivity contribution < 1.29 is 0 Å². The molecular weight excluding hydrogens is 278 g/mol. The van der Waals surface area contributed by atoms with Crippen LogP contribution in [0.2, 0.25) is 0 Å². The molecule has 1 heteroatoms. The maximum absolute atomic E-state index is 4.98. The molecule has 0 saturated heterocycles. The van der Waals surface area contributed by atoms with Crippen LogP contribution in [0.1, 0.15) is 29.8 Å². The molecule has 2 aromatic carbocycles. The summed E-state index contributed by atoms with van der Waals surface area (Å²) in [5.41, 5.74) is 9.21. The van der Waals surface area contributed by atoms with E-state index in [4.69, 9.17) is 4.98 Å². The van der Waals surface area contributed by atoms with Crippen molar-refractivity contribution in [3.05, 3.63) is 77.6 Å². The van der Waals surface area contributed by atoms with E-state index in [1.807, 2.05) is 0 Å². The molecule has 0 aliphatic heterocycles. The summed E-state index contributed by atoms with van der Waals surface area (Å²) in [6.45, 7) is 2.16. The van der Waals surface area contributed by atoms with Gasteiger partial charge in [0.1, 0.15) is 0 Å². The fourth-order valence-corrected chi connectivity index (χ4v) is 3.75. The number of benzene rings is 2. The minimum atomic E-state index is 1.12. The van der Waals surface area contributed by atoms with Crippen molar-refractivity contribution >= 4 is 0 Å². The quantitative estimate of drug-likeness (QED) is 0.600. The molecule has 0 spiro atoms. The standard InChI is InChI=1S/C22H21N/c1-16-21(17-10-4-2-5-11-17)22(18-12-6-3-7-13-18)19-14-8-9-15-20(19)23-16/h2-7,10-13H,8-9,14-15H2,1H3. The lowest BCUT2D eigenvalue weighted by Gasteiger charge is -2.24. The first-order chi connectivity index (χ1) is 11.3. The lowest BCUT2D eigenvalue weighted by molar-refractivity contribution is 0.667. The van der Waals surface area contributed by atoms with Crippen LogP contribution >= 0.6 is 0 Å². The maximum Gasteiger partial charge on any atom is 0.0460 e. The van der Waals surface area contributed by atoms with Crippen LogP contribution in [0.3, 0.4) is 0 Å². The van der Waals surface area contributed by atoms with Crippen molar-refractivity contribution in [2.24, 2.45) is 0 Å². The van der Waals surface area contributed by atoms with E-state index in [1.54, 1.807) is 0 Å². The van der Waals surface area contributed by atoms with E-state index in [0.29, 0.717) is 0 Å². The molecule has 0 fully saturated rings. The molecule has 1 nitrogen and oxygen atoms in total. The number of hydrogen-bond donors (Lipinski definition) is 0. The fourth-order valence-electron chi connectivity index (χ4n) is 3.75. The van der Waals surface area contributed by atoms with Gasteiger partial charge in [-0.25, -0.2) is 0 Å². The van der Waals surface area contributed by atoms with Gasteiger partial charge in [-0.1, -0.05) is 60.7 Å². The minimum absolute atomic E-state index is 1.12. The van der Waals surface area contributed by atoms with Gasteiger partial charge in [-0.15, -0.1) is 0 Å². The van der Waals surface area contributed by atoms with E-state index in [9.17, 15) is 0 Å². The summed E-state index contributed by atoms with van der Waals surface area (Å²) in [5.74, 6) is 0. The smallest absolute Gasteiger partial charge is 0.0460 e. The Bertz CT molecular complexity index is 820. The zero-order valence-electron chi connectivity index (χ0n) is 13.5. The van der Waals surface area contributed by atoms with Crippen LogP contribution in [0.4, 0.5) is 0 Å². The lowest BCUT2D eigenvalue weighted by Crippen LogP contribution is -2.10. The summed E-state index contributed by atoms with van der Waals surface area (Å²) in [6.07, 6.45) is 4.79. The SMILES string of the molecule is Cc1nc2c(c(-c3ccccc3)c1-c1ccccc1)CCCC2. The van der Waals surface area contributed by atoms with Crippen molar-refractivity contribution in [3.8, 4) is 22.3 Å². The van der Waals surface area contributed by atoms with Crippen molar-refractivity contribution in [2.75, 3.05) is 0 Å². The number of aryl methyl sites for hydroxylation is 2. The number of fused-ring (bicyclic) bond motifs is 1. The van der Waals surface area contributed by atoms with Crippen LogP contribution in [0.5, 0.6) is 0 Å². The predicted molar refractivity (Wildman–Crippen MR) is 96.5 cm³/mol. The molecule has 0 unspecified atom stereocenters. The second kappa shape index (κ2) is 6.00. The number of rotatable bonds is 2. The Hall–Kier alpha value is -2.41. The summed E-state index contributed by atoms with van der Waals surface area (Å²) in [4.78, 5) is 4.98. The Labute approximate surface area is 138 Å². The second-order valence-electron chi connectivity index (χ2n) is 6.31. The van der Waals surface area contributed by atoms with Crippen LogP contribution in [-0.2, 0) is 12.8 Å². The van der Waals surface area contributed by atoms with Crippen molar-refractivity contribution in [3.63, 3.8) is 0 Å². The topological polar surface area (TPSA) is 12.9 Å². The van der Waals surface area contributed by atoms with E-state index >= 15 is 0 Å². The molecule has 0 atom stereocenters. The van der Waals surface area contributed by atoms with Gasteiger partial charge in [0.2, 0.25) is 0 Å². The third-order valence-electron chi connectivity index (χ3n) is 4.78. The molecule has 0 radical (unpaired) electrons. The number of nitrogens with zero attached hydrogens (tertiary/aromatic N) is 1. The van der Waals surface area contributed by atoms with E-state index in [1.165, 1.54) is 46.4 Å². The number of aromatic nitrogens is 1. The predicted octanol–water partition coefficient (Wildman–Crippen LogP) is 5.60. The highest BCUT2D eigenvalue weighted by Crippen LogP contribution is 2.40. The zero-order chi connectivity index (χ0) is 15.6. The molecule has 0 saturated carbocycles. The Morgan fingerprint density at radius 1 is 0.696 bits per heavy atom. The van der Waals surface area contributed by atoms with Gasteiger partial charge in [-0.3, -0.25) is 4.98 Å². The van der Waals surface area contributed by atoms with E-state index in [2.05, 4.69) is 67.6 Å². The molecular formula is C22H21N. The molecule has 0 bridgehead atoms. The second-order valence-corrected chi connectivity index (χ2v) is 6.31. The molecule has 4 rings (SSSR count). The lowest BCUT2D eigenvalue weighted by atomic mass is 9.84. The zero-order valence-corrected chi connectivity index (χ0v) is 13.5. The maximum atomic E-state index is 4.98. The van der Waals surface area contributed by atoms with Gasteiger partial charge in [-0.05, 0) is 54.9 Å². The highest BCUT2D eigenvalue weighted by atomic mass is 14.7. The molecule has 1 aliphatic carbocycles. The first-order valence-electron chi connectivity index (χ1n) is 8.48. The summed E-state index contributed by atoms with van der Waals surface area (Å²) < 4.78 is 0. The number of pyridine rings is 1. The van der Waals surface area contributed by atoms with Crippen LogP contribution in [0, 0.1) is 6.92 Å². The van der Waals surface area contributed by atoms with Crippen LogP contribution in [-0.4, -0.2) is 4.98 Å². The van der Waals surface area contributed by atoms with Crippen LogP contribution in [0.15, 0.2) is 60.7 Å². The van der Waals surface area contributed by atoms with Gasteiger partial charge >= 0.3 is 0 Å². The Morgan fingerprint density at radius 3 is 1.91 bits per heavy atom. The molecule has 1 heterocycles. The average molecular weight is 299 g/mol. The monoisotopic (exact) mass is 299 g/mol. The van der Waals surface area contributed by atoms with Gasteiger partial charge in [0.15, 0.2) is 0 Å². The summed E-state index contributed by atoms with van der Waals surface area (Å²) >= 11 is 0. The Balaban J connectivity index is 2.05. The third kappa shape index (κ3) is 2.57. The minimum Gasteiger partial charge on any atom is -0.257 e. The van der Waals surface area contributed by atoms with Gasteiger partial charge in [0.25, 0.3) is 0 Å². The highest BCUT2D eigenvalue weighted by Gasteiger charge is 2.21. The van der Waals surface area contributed by atoms with Crippen molar-refractivity contribution in [1.29, 1.82) is 0 Å². The normalized spacial score (nSPS) is 13.6. The van der Waals surface area contributed by atoms with Gasteiger partial charge in [0, 0.05) is 17.0 Å². The largest absolute Gasteiger partial charge is 0.257 e. The first kappa shape index (κ1) is 14.2. The summed E-state index contributed by atoms with van der Waals surface area (Å²) in [5, 5.41) is 0. The third-order valence-corrected chi connectivity index (χ3v) is 4.78. The Kier molecular flexibility index (Phi) is 3.70. The van der Waals surface area contributed by atoms with E-state index < -0.39 is 0 Å². The van der Waals surface area contributed by atoms with Gasteiger partial charge in [0.05, 0.1) is 0 Å². The molecule has 114 valence electrons. The van der Waals surface area contributed by atoms with Crippen LogP contribution in [0.25, 0.3) is 22.3 Å². The average Bonchev–Trinajstić information content (AvgIpc) is 2.62. The first-order valence-corrected chi connectivity index (χ1v) is 8.48. The van der Waals surface area contributed by atoms with Crippen LogP contribution < -0.4 is 0 Å². The van der Waals surface area contributed by atoms with E-state index in [-0.39, 0.29) is 0 Å². The van der Waals surface area contributed by atoms with Gasteiger partial charge in [-0.2, -0.15) is 0 Å². The molecule has 1 aromatic heterocycles. The summed E-state index contributed by atoms with van der Waals surface area (Å²) in [6, 6.07) is 21.5. The number of hydrogen-bond acceptors (Lipinski definition) is 1. The molecule has 3 aromatic rings. The van der Waals surface area contributed by atoms with Crippen molar-refractivity contribution in [1.82, 2.24) is 4.98 Å². The fraction of sp³-hybridized carbons (Fsp3) is 0.227.